The molecule has 0 radical (unpaired) electrons. The van der Waals surface area contributed by atoms with Crippen molar-refractivity contribution >= 4 is 17.3 Å². The SMILES string of the molecule is Cc1nn(C)c(C(=O)N2CCc3ccccc32)c1N. The van der Waals surface area contributed by atoms with Crippen LogP contribution in [0.3, 0.4) is 0 Å². The van der Waals surface area contributed by atoms with E-state index in [1.165, 1.54) is 5.56 Å². The molecule has 0 saturated heterocycles. The number of benzene rings is 1. The van der Waals surface area contributed by atoms with E-state index in [1.54, 1.807) is 16.6 Å². The van der Waals surface area contributed by atoms with Gasteiger partial charge < -0.3 is 10.6 Å². The predicted molar refractivity (Wildman–Crippen MR) is 74.2 cm³/mol. The van der Waals surface area contributed by atoms with Gasteiger partial charge in [0.05, 0.1) is 11.4 Å². The monoisotopic (exact) mass is 256 g/mol. The van der Waals surface area contributed by atoms with Crippen LogP contribution in [0, 0.1) is 6.92 Å². The Balaban J connectivity index is 2.03. The zero-order valence-electron chi connectivity index (χ0n) is 11.1. The number of hydrogen-bond acceptors (Lipinski definition) is 3. The van der Waals surface area contributed by atoms with Crippen molar-refractivity contribution in [1.82, 2.24) is 9.78 Å². The van der Waals surface area contributed by atoms with Crippen molar-refractivity contribution in [3.63, 3.8) is 0 Å². The molecule has 1 aliphatic heterocycles. The van der Waals surface area contributed by atoms with Crippen molar-refractivity contribution in [2.24, 2.45) is 7.05 Å². The minimum absolute atomic E-state index is 0.0782. The third kappa shape index (κ3) is 1.69. The van der Waals surface area contributed by atoms with Gasteiger partial charge in [0.15, 0.2) is 0 Å². The lowest BCUT2D eigenvalue weighted by molar-refractivity contribution is 0.0981. The highest BCUT2D eigenvalue weighted by Crippen LogP contribution is 2.30. The molecule has 1 aromatic heterocycles. The highest BCUT2D eigenvalue weighted by atomic mass is 16.2. The summed E-state index contributed by atoms with van der Waals surface area (Å²) in [6, 6.07) is 7.97. The fourth-order valence-corrected chi connectivity index (χ4v) is 2.61. The number of aryl methyl sites for hydroxylation is 2. The molecule has 5 nitrogen and oxygen atoms in total. The first kappa shape index (κ1) is 11.8. The van der Waals surface area contributed by atoms with Gasteiger partial charge in [0.2, 0.25) is 0 Å². The molecule has 98 valence electrons. The van der Waals surface area contributed by atoms with Gasteiger partial charge in [0.1, 0.15) is 5.69 Å². The van der Waals surface area contributed by atoms with Gasteiger partial charge in [-0.05, 0) is 25.0 Å². The van der Waals surface area contributed by atoms with Crippen LogP contribution < -0.4 is 10.6 Å². The number of nitrogens with zero attached hydrogens (tertiary/aromatic N) is 3. The highest BCUT2D eigenvalue weighted by Gasteiger charge is 2.29. The second-order valence-electron chi connectivity index (χ2n) is 4.81. The van der Waals surface area contributed by atoms with Crippen molar-refractivity contribution < 1.29 is 4.79 Å². The fraction of sp³-hybridized carbons (Fsp3) is 0.286. The summed E-state index contributed by atoms with van der Waals surface area (Å²) in [6.07, 6.45) is 0.888. The van der Waals surface area contributed by atoms with Crippen LogP contribution in [0.5, 0.6) is 0 Å². The van der Waals surface area contributed by atoms with Crippen LogP contribution >= 0.6 is 0 Å². The van der Waals surface area contributed by atoms with Crippen molar-refractivity contribution in [3.05, 3.63) is 41.2 Å². The van der Waals surface area contributed by atoms with Crippen LogP contribution in [-0.4, -0.2) is 22.2 Å². The van der Waals surface area contributed by atoms with Gasteiger partial charge >= 0.3 is 0 Å². The van der Waals surface area contributed by atoms with Crippen molar-refractivity contribution in [3.8, 4) is 0 Å². The minimum atomic E-state index is -0.0782. The molecule has 0 aliphatic carbocycles. The predicted octanol–water partition coefficient (Wildman–Crippen LogP) is 1.51. The molecule has 2 N–H and O–H groups in total. The number of nitrogen functional groups attached to an aromatic ring is 1. The number of para-hydroxylation sites is 1. The molecule has 0 bridgehead atoms. The van der Waals surface area contributed by atoms with Crippen LogP contribution in [0.25, 0.3) is 0 Å². The molecule has 0 atom stereocenters. The molecule has 0 fully saturated rings. The Labute approximate surface area is 111 Å². The average molecular weight is 256 g/mol. The van der Waals surface area contributed by atoms with Crippen LogP contribution in [-0.2, 0) is 13.5 Å². The molecule has 1 aromatic carbocycles. The Kier molecular flexibility index (Phi) is 2.55. The smallest absolute Gasteiger partial charge is 0.278 e. The van der Waals surface area contributed by atoms with Gasteiger partial charge in [-0.25, -0.2) is 0 Å². The minimum Gasteiger partial charge on any atom is -0.395 e. The van der Waals surface area contributed by atoms with Crippen LogP contribution in [0.1, 0.15) is 21.7 Å². The second kappa shape index (κ2) is 4.12. The molecule has 0 spiro atoms. The maximum atomic E-state index is 12.6. The van der Waals surface area contributed by atoms with Gasteiger partial charge in [-0.3, -0.25) is 9.48 Å². The number of aromatic nitrogens is 2. The summed E-state index contributed by atoms with van der Waals surface area (Å²) >= 11 is 0. The van der Waals surface area contributed by atoms with E-state index in [9.17, 15) is 4.79 Å². The van der Waals surface area contributed by atoms with E-state index in [0.717, 1.165) is 12.1 Å². The molecule has 1 amide bonds. The second-order valence-corrected chi connectivity index (χ2v) is 4.81. The molecule has 3 rings (SSSR count). The van der Waals surface area contributed by atoms with Gasteiger partial charge in [-0.1, -0.05) is 18.2 Å². The van der Waals surface area contributed by atoms with Crippen LogP contribution in [0.15, 0.2) is 24.3 Å². The third-order valence-electron chi connectivity index (χ3n) is 3.60. The highest BCUT2D eigenvalue weighted by molar-refractivity contribution is 6.09. The van der Waals surface area contributed by atoms with E-state index in [4.69, 9.17) is 5.73 Å². The normalized spacial score (nSPS) is 13.7. The van der Waals surface area contributed by atoms with Crippen molar-refractivity contribution in [2.75, 3.05) is 17.2 Å². The Morgan fingerprint density at radius 2 is 2.11 bits per heavy atom. The summed E-state index contributed by atoms with van der Waals surface area (Å²) in [5.74, 6) is -0.0782. The maximum Gasteiger partial charge on any atom is 0.278 e. The number of carbonyl (C=O) groups is 1. The van der Waals surface area contributed by atoms with E-state index in [-0.39, 0.29) is 5.91 Å². The number of rotatable bonds is 1. The Morgan fingerprint density at radius 3 is 2.79 bits per heavy atom. The summed E-state index contributed by atoms with van der Waals surface area (Å²) in [5, 5.41) is 4.20. The molecule has 1 aliphatic rings. The summed E-state index contributed by atoms with van der Waals surface area (Å²) in [5.41, 5.74) is 9.77. The number of amides is 1. The standard InChI is InChI=1S/C14H16N4O/c1-9-12(15)13(17(2)16-9)14(19)18-8-7-10-5-3-4-6-11(10)18/h3-6H,7-8,15H2,1-2H3. The van der Waals surface area contributed by atoms with E-state index < -0.39 is 0 Å². The molecule has 2 heterocycles. The fourth-order valence-electron chi connectivity index (χ4n) is 2.61. The average Bonchev–Trinajstić information content (AvgIpc) is 2.91. The molecule has 0 saturated carbocycles. The summed E-state index contributed by atoms with van der Waals surface area (Å²) in [4.78, 5) is 14.4. The van der Waals surface area contributed by atoms with Gasteiger partial charge in [-0.2, -0.15) is 5.10 Å². The number of hydrogen-bond donors (Lipinski definition) is 1. The Morgan fingerprint density at radius 1 is 1.37 bits per heavy atom. The first-order chi connectivity index (χ1) is 9.09. The number of anilines is 2. The zero-order chi connectivity index (χ0) is 13.6. The molecular weight excluding hydrogens is 240 g/mol. The molecule has 2 aromatic rings. The summed E-state index contributed by atoms with van der Waals surface area (Å²) in [7, 11) is 1.75. The van der Waals surface area contributed by atoms with Crippen LogP contribution in [0.4, 0.5) is 11.4 Å². The van der Waals surface area contributed by atoms with Crippen molar-refractivity contribution in [1.29, 1.82) is 0 Å². The Hall–Kier alpha value is -2.30. The van der Waals surface area contributed by atoms with Gasteiger partial charge in [0.25, 0.3) is 5.91 Å². The third-order valence-corrected chi connectivity index (χ3v) is 3.60. The topological polar surface area (TPSA) is 64.2 Å². The Bertz CT molecular complexity index is 659. The van der Waals surface area contributed by atoms with E-state index in [2.05, 4.69) is 11.2 Å². The lowest BCUT2D eigenvalue weighted by Gasteiger charge is -2.17. The summed E-state index contributed by atoms with van der Waals surface area (Å²) < 4.78 is 1.56. The maximum absolute atomic E-state index is 12.6. The molecule has 5 heteroatoms. The lowest BCUT2D eigenvalue weighted by atomic mass is 10.2. The lowest BCUT2D eigenvalue weighted by Crippen LogP contribution is -2.31. The number of nitrogens with two attached hydrogens (primary N) is 1. The summed E-state index contributed by atoms with van der Waals surface area (Å²) in [6.45, 7) is 2.51. The van der Waals surface area contributed by atoms with Crippen molar-refractivity contribution in [2.45, 2.75) is 13.3 Å². The molecule has 19 heavy (non-hydrogen) atoms. The number of fused-ring (bicyclic) bond motifs is 1. The quantitative estimate of drug-likeness (QED) is 0.841. The first-order valence-electron chi connectivity index (χ1n) is 6.28. The molecule has 0 unspecified atom stereocenters. The van der Waals surface area contributed by atoms with E-state index >= 15 is 0 Å². The van der Waals surface area contributed by atoms with Crippen LogP contribution in [0.2, 0.25) is 0 Å². The van der Waals surface area contributed by atoms with Gasteiger partial charge in [-0.15, -0.1) is 0 Å². The van der Waals surface area contributed by atoms with E-state index in [1.807, 2.05) is 25.1 Å². The molecular formula is C14H16N4O. The number of carbonyl (C=O) groups excluding carboxylic acids is 1. The zero-order valence-corrected chi connectivity index (χ0v) is 11.1. The van der Waals surface area contributed by atoms with Gasteiger partial charge in [0, 0.05) is 19.3 Å². The first-order valence-corrected chi connectivity index (χ1v) is 6.28. The largest absolute Gasteiger partial charge is 0.395 e. The van der Waals surface area contributed by atoms with E-state index in [0.29, 0.717) is 23.6 Å².